The summed E-state index contributed by atoms with van der Waals surface area (Å²) in [6.07, 6.45) is 5.35. The van der Waals surface area contributed by atoms with Crippen LogP contribution in [0, 0.1) is 0 Å². The van der Waals surface area contributed by atoms with Crippen molar-refractivity contribution in [2.75, 3.05) is 0 Å². The molecule has 0 spiro atoms. The molecule has 22 heavy (non-hydrogen) atoms. The van der Waals surface area contributed by atoms with Crippen LogP contribution in [0.2, 0.25) is 0 Å². The van der Waals surface area contributed by atoms with Gasteiger partial charge in [0, 0.05) is 35.9 Å². The Morgan fingerprint density at radius 1 is 0.818 bits per heavy atom. The molecule has 0 aliphatic heterocycles. The molecule has 0 unspecified atom stereocenters. The SMILES string of the molecule is O=c1ccn(-c2ccc3c(c2)ncn3-c2ccccc2)cc1. The molecule has 0 fully saturated rings. The molecule has 4 heteroatoms. The van der Waals surface area contributed by atoms with Gasteiger partial charge >= 0.3 is 0 Å². The van der Waals surface area contributed by atoms with E-state index >= 15 is 0 Å². The van der Waals surface area contributed by atoms with Crippen LogP contribution in [0.25, 0.3) is 22.4 Å². The zero-order chi connectivity index (χ0) is 14.9. The lowest BCUT2D eigenvalue weighted by Gasteiger charge is -2.07. The highest BCUT2D eigenvalue weighted by Crippen LogP contribution is 2.20. The number of benzene rings is 2. The molecule has 2 heterocycles. The first-order valence-electron chi connectivity index (χ1n) is 7.02. The fourth-order valence-electron chi connectivity index (χ4n) is 2.54. The van der Waals surface area contributed by atoms with E-state index in [0.29, 0.717) is 0 Å². The molecule has 0 atom stereocenters. The van der Waals surface area contributed by atoms with E-state index in [-0.39, 0.29) is 5.43 Å². The van der Waals surface area contributed by atoms with Crippen LogP contribution >= 0.6 is 0 Å². The molecule has 0 saturated heterocycles. The molecule has 4 nitrogen and oxygen atoms in total. The van der Waals surface area contributed by atoms with Crippen molar-refractivity contribution in [3.05, 3.63) is 89.6 Å². The van der Waals surface area contributed by atoms with Gasteiger partial charge in [-0.3, -0.25) is 9.36 Å². The maximum atomic E-state index is 11.2. The van der Waals surface area contributed by atoms with Crippen molar-refractivity contribution in [2.45, 2.75) is 0 Å². The average molecular weight is 287 g/mol. The Labute approximate surface area is 126 Å². The molecule has 0 bridgehead atoms. The first-order chi connectivity index (χ1) is 10.8. The summed E-state index contributed by atoms with van der Waals surface area (Å²) in [6.45, 7) is 0. The van der Waals surface area contributed by atoms with Crippen molar-refractivity contribution in [3.63, 3.8) is 0 Å². The molecular formula is C18H13N3O. The molecule has 106 valence electrons. The zero-order valence-electron chi connectivity index (χ0n) is 11.8. The molecule has 0 N–H and O–H groups in total. The summed E-state index contributed by atoms with van der Waals surface area (Å²) < 4.78 is 3.97. The Hall–Kier alpha value is -3.14. The lowest BCUT2D eigenvalue weighted by molar-refractivity contribution is 1.04. The average Bonchev–Trinajstić information content (AvgIpc) is 2.99. The molecule has 0 aliphatic rings. The second kappa shape index (κ2) is 5.00. The maximum absolute atomic E-state index is 11.2. The van der Waals surface area contributed by atoms with Crippen LogP contribution in [0.15, 0.2) is 84.2 Å². The topological polar surface area (TPSA) is 39.8 Å². The predicted octanol–water partition coefficient (Wildman–Crippen LogP) is 3.18. The molecule has 0 saturated carbocycles. The van der Waals surface area contributed by atoms with Gasteiger partial charge in [0.25, 0.3) is 0 Å². The summed E-state index contributed by atoms with van der Waals surface area (Å²) in [5.41, 5.74) is 4.04. The molecule has 0 aliphatic carbocycles. The molecule has 0 amide bonds. The normalized spacial score (nSPS) is 10.9. The fourth-order valence-corrected chi connectivity index (χ4v) is 2.54. The first-order valence-corrected chi connectivity index (χ1v) is 7.02. The van der Waals surface area contributed by atoms with E-state index in [1.165, 1.54) is 0 Å². The number of hydrogen-bond donors (Lipinski definition) is 0. The lowest BCUT2D eigenvalue weighted by atomic mass is 10.2. The number of hydrogen-bond acceptors (Lipinski definition) is 2. The summed E-state index contributed by atoms with van der Waals surface area (Å²) in [7, 11) is 0. The smallest absolute Gasteiger partial charge is 0.181 e. The second-order valence-corrected chi connectivity index (χ2v) is 5.06. The Bertz CT molecular complexity index is 979. The van der Waals surface area contributed by atoms with Crippen LogP contribution in [0.4, 0.5) is 0 Å². The molecule has 2 aromatic carbocycles. The monoisotopic (exact) mass is 287 g/mol. The quantitative estimate of drug-likeness (QED) is 0.568. The van der Waals surface area contributed by atoms with Crippen LogP contribution in [0.5, 0.6) is 0 Å². The summed E-state index contributed by atoms with van der Waals surface area (Å²) in [4.78, 5) is 15.7. The third-order valence-corrected chi connectivity index (χ3v) is 3.66. The van der Waals surface area contributed by atoms with Crippen LogP contribution in [-0.2, 0) is 0 Å². The van der Waals surface area contributed by atoms with Crippen molar-refractivity contribution in [2.24, 2.45) is 0 Å². The van der Waals surface area contributed by atoms with Gasteiger partial charge in [-0.05, 0) is 30.3 Å². The third-order valence-electron chi connectivity index (χ3n) is 3.66. The van der Waals surface area contributed by atoms with E-state index < -0.39 is 0 Å². The Kier molecular flexibility index (Phi) is 2.86. The number of aromatic nitrogens is 3. The van der Waals surface area contributed by atoms with Crippen molar-refractivity contribution in [1.82, 2.24) is 14.1 Å². The maximum Gasteiger partial charge on any atom is 0.181 e. The standard InChI is InChI=1S/C18H13N3O/c22-16-8-10-20(11-9-16)15-6-7-18-17(12-15)19-13-21(18)14-4-2-1-3-5-14/h1-13H. The number of imidazole rings is 1. The van der Waals surface area contributed by atoms with Gasteiger partial charge in [-0.15, -0.1) is 0 Å². The van der Waals surface area contributed by atoms with Gasteiger partial charge in [0.1, 0.15) is 6.33 Å². The number of para-hydroxylation sites is 1. The summed E-state index contributed by atoms with van der Waals surface area (Å²) >= 11 is 0. The zero-order valence-corrected chi connectivity index (χ0v) is 11.8. The van der Waals surface area contributed by atoms with Gasteiger partial charge in [-0.2, -0.15) is 0 Å². The number of rotatable bonds is 2. The van der Waals surface area contributed by atoms with E-state index in [9.17, 15) is 4.79 Å². The van der Waals surface area contributed by atoms with Gasteiger partial charge in [-0.25, -0.2) is 4.98 Å². The van der Waals surface area contributed by atoms with Crippen molar-refractivity contribution in [1.29, 1.82) is 0 Å². The summed E-state index contributed by atoms with van der Waals surface area (Å²) in [5.74, 6) is 0. The van der Waals surface area contributed by atoms with Crippen molar-refractivity contribution < 1.29 is 0 Å². The number of fused-ring (bicyclic) bond motifs is 1. The van der Waals surface area contributed by atoms with Gasteiger partial charge in [-0.1, -0.05) is 18.2 Å². The minimum atomic E-state index is 0.00526. The first kappa shape index (κ1) is 12.6. The Morgan fingerprint density at radius 2 is 1.59 bits per heavy atom. The minimum Gasteiger partial charge on any atom is -0.324 e. The van der Waals surface area contributed by atoms with E-state index in [2.05, 4.69) is 21.7 Å². The number of nitrogens with zero attached hydrogens (tertiary/aromatic N) is 3. The Morgan fingerprint density at radius 3 is 2.36 bits per heavy atom. The highest BCUT2D eigenvalue weighted by atomic mass is 16.1. The lowest BCUT2D eigenvalue weighted by Crippen LogP contribution is -2.01. The molecule has 0 radical (unpaired) electrons. The van der Waals surface area contributed by atoms with E-state index in [4.69, 9.17) is 0 Å². The van der Waals surface area contributed by atoms with E-state index in [1.54, 1.807) is 24.5 Å². The Balaban J connectivity index is 1.83. The van der Waals surface area contributed by atoms with Gasteiger partial charge < -0.3 is 4.57 Å². The molecule has 4 aromatic rings. The van der Waals surface area contributed by atoms with Crippen molar-refractivity contribution >= 4 is 11.0 Å². The van der Waals surface area contributed by atoms with E-state index in [0.717, 1.165) is 22.4 Å². The van der Waals surface area contributed by atoms with Gasteiger partial charge in [0.15, 0.2) is 5.43 Å². The third kappa shape index (κ3) is 2.11. The van der Waals surface area contributed by atoms with Crippen molar-refractivity contribution in [3.8, 4) is 11.4 Å². The molecule has 2 aromatic heterocycles. The van der Waals surface area contributed by atoms with Crippen LogP contribution in [-0.4, -0.2) is 14.1 Å². The predicted molar refractivity (Wildman–Crippen MR) is 86.7 cm³/mol. The number of pyridine rings is 1. The highest BCUT2D eigenvalue weighted by Gasteiger charge is 2.05. The summed E-state index contributed by atoms with van der Waals surface area (Å²) in [6, 6.07) is 19.3. The largest absolute Gasteiger partial charge is 0.324 e. The van der Waals surface area contributed by atoms with Gasteiger partial charge in [0.05, 0.1) is 11.0 Å². The highest BCUT2D eigenvalue weighted by molar-refractivity contribution is 5.79. The summed E-state index contributed by atoms with van der Waals surface area (Å²) in [5, 5.41) is 0. The fraction of sp³-hybridized carbons (Fsp3) is 0. The van der Waals surface area contributed by atoms with Crippen LogP contribution in [0.3, 0.4) is 0 Å². The van der Waals surface area contributed by atoms with Crippen LogP contribution in [0.1, 0.15) is 0 Å². The second-order valence-electron chi connectivity index (χ2n) is 5.06. The molecular weight excluding hydrogens is 274 g/mol. The van der Waals surface area contributed by atoms with Crippen LogP contribution < -0.4 is 5.43 Å². The van der Waals surface area contributed by atoms with E-state index in [1.807, 2.05) is 47.3 Å². The van der Waals surface area contributed by atoms with Gasteiger partial charge in [0.2, 0.25) is 0 Å². The molecule has 4 rings (SSSR count). The minimum absolute atomic E-state index is 0.00526.